The molecule has 1 heterocycles. The van der Waals surface area contributed by atoms with Gasteiger partial charge in [0.05, 0.1) is 18.3 Å². The van der Waals surface area contributed by atoms with E-state index in [0.29, 0.717) is 18.2 Å². The van der Waals surface area contributed by atoms with E-state index in [0.717, 1.165) is 15.6 Å². The number of aryl methyl sites for hydroxylation is 1. The molecule has 1 atom stereocenters. The molecule has 1 aliphatic rings. The van der Waals surface area contributed by atoms with Crippen molar-refractivity contribution >= 4 is 27.6 Å². The Balaban J connectivity index is 2.03. The van der Waals surface area contributed by atoms with E-state index in [1.54, 1.807) is 23.1 Å². The fourth-order valence-electron chi connectivity index (χ4n) is 2.51. The van der Waals surface area contributed by atoms with Crippen LogP contribution in [0.5, 0.6) is 0 Å². The van der Waals surface area contributed by atoms with Crippen LogP contribution in [0.4, 0.5) is 10.1 Å². The van der Waals surface area contributed by atoms with Crippen LogP contribution in [0.1, 0.15) is 17.2 Å². The minimum atomic E-state index is -0.297. The van der Waals surface area contributed by atoms with Gasteiger partial charge in [0, 0.05) is 4.47 Å². The molecule has 0 aromatic heterocycles. The number of para-hydroxylation sites is 1. The summed E-state index contributed by atoms with van der Waals surface area (Å²) in [6.07, 6.45) is 0. The number of guanidine groups is 1. The maximum absolute atomic E-state index is 14.1. The van der Waals surface area contributed by atoms with E-state index in [2.05, 4.69) is 20.9 Å². The average Bonchev–Trinajstić information content (AvgIpc) is 2.84. The van der Waals surface area contributed by atoms with Crippen LogP contribution in [0.15, 0.2) is 51.9 Å². The number of aliphatic imine (C=N–C) groups is 1. The van der Waals surface area contributed by atoms with Gasteiger partial charge in [-0.2, -0.15) is 0 Å². The SMILES string of the molecule is Cc1ccc(C2CN=C(N)N2c2ccccc2F)cc1Br. The highest BCUT2D eigenvalue weighted by atomic mass is 79.9. The molecule has 0 bridgehead atoms. The fourth-order valence-corrected chi connectivity index (χ4v) is 2.90. The molecule has 0 fully saturated rings. The van der Waals surface area contributed by atoms with Gasteiger partial charge in [-0.15, -0.1) is 0 Å². The summed E-state index contributed by atoms with van der Waals surface area (Å²) in [5.74, 6) is 0.0514. The lowest BCUT2D eigenvalue weighted by molar-refractivity contribution is 0.619. The molecule has 3 nitrogen and oxygen atoms in total. The second kappa shape index (κ2) is 5.48. The molecule has 3 rings (SSSR count). The predicted molar refractivity (Wildman–Crippen MR) is 87.0 cm³/mol. The largest absolute Gasteiger partial charge is 0.369 e. The standard InChI is InChI=1S/C16H15BrFN3/c1-10-6-7-11(8-12(10)17)15-9-20-16(19)21(15)14-5-3-2-4-13(14)18/h2-8,15H,9H2,1H3,(H2,19,20). The molecule has 21 heavy (non-hydrogen) atoms. The van der Waals surface area contributed by atoms with Gasteiger partial charge in [-0.1, -0.05) is 40.2 Å². The van der Waals surface area contributed by atoms with Gasteiger partial charge in [-0.25, -0.2) is 4.39 Å². The second-order valence-electron chi connectivity index (χ2n) is 5.04. The Morgan fingerprint density at radius 2 is 2.05 bits per heavy atom. The van der Waals surface area contributed by atoms with Crippen molar-refractivity contribution in [2.24, 2.45) is 10.7 Å². The van der Waals surface area contributed by atoms with Gasteiger partial charge >= 0.3 is 0 Å². The van der Waals surface area contributed by atoms with E-state index < -0.39 is 0 Å². The van der Waals surface area contributed by atoms with Crippen molar-refractivity contribution in [2.45, 2.75) is 13.0 Å². The molecular formula is C16H15BrFN3. The van der Waals surface area contributed by atoms with E-state index in [1.165, 1.54) is 6.07 Å². The van der Waals surface area contributed by atoms with Crippen LogP contribution in [0.3, 0.4) is 0 Å². The van der Waals surface area contributed by atoms with Crippen molar-refractivity contribution in [3.63, 3.8) is 0 Å². The van der Waals surface area contributed by atoms with Crippen molar-refractivity contribution in [3.8, 4) is 0 Å². The Morgan fingerprint density at radius 3 is 2.76 bits per heavy atom. The number of hydrogen-bond donors (Lipinski definition) is 1. The van der Waals surface area contributed by atoms with Crippen LogP contribution in [0.25, 0.3) is 0 Å². The van der Waals surface area contributed by atoms with Gasteiger partial charge in [-0.05, 0) is 36.2 Å². The molecular weight excluding hydrogens is 333 g/mol. The number of hydrogen-bond acceptors (Lipinski definition) is 3. The lowest BCUT2D eigenvalue weighted by Crippen LogP contribution is -2.36. The third kappa shape index (κ3) is 2.53. The Labute approximate surface area is 131 Å². The molecule has 0 amide bonds. The number of halogens is 2. The first kappa shape index (κ1) is 14.1. The smallest absolute Gasteiger partial charge is 0.196 e. The highest BCUT2D eigenvalue weighted by Gasteiger charge is 2.30. The van der Waals surface area contributed by atoms with Gasteiger partial charge in [0.15, 0.2) is 5.96 Å². The fraction of sp³-hybridized carbons (Fsp3) is 0.188. The van der Waals surface area contributed by atoms with Crippen molar-refractivity contribution < 1.29 is 4.39 Å². The first-order valence-electron chi connectivity index (χ1n) is 6.67. The normalized spacial score (nSPS) is 18.0. The monoisotopic (exact) mass is 347 g/mol. The number of benzene rings is 2. The van der Waals surface area contributed by atoms with Gasteiger partial charge in [-0.3, -0.25) is 4.99 Å². The first-order valence-corrected chi connectivity index (χ1v) is 7.47. The third-order valence-corrected chi connectivity index (χ3v) is 4.53. The summed E-state index contributed by atoms with van der Waals surface area (Å²) in [7, 11) is 0. The van der Waals surface area contributed by atoms with Crippen LogP contribution >= 0.6 is 15.9 Å². The third-order valence-electron chi connectivity index (χ3n) is 3.68. The molecule has 108 valence electrons. The molecule has 2 N–H and O–H groups in total. The minimum absolute atomic E-state index is 0.0844. The molecule has 2 aromatic carbocycles. The summed E-state index contributed by atoms with van der Waals surface area (Å²) < 4.78 is 15.1. The molecule has 5 heteroatoms. The quantitative estimate of drug-likeness (QED) is 0.898. The van der Waals surface area contributed by atoms with E-state index >= 15 is 0 Å². The summed E-state index contributed by atoms with van der Waals surface area (Å²) in [6, 6.07) is 12.6. The van der Waals surface area contributed by atoms with Crippen LogP contribution < -0.4 is 10.6 Å². The molecule has 2 aromatic rings. The molecule has 1 aliphatic heterocycles. The van der Waals surface area contributed by atoms with Crippen molar-refractivity contribution in [1.29, 1.82) is 0 Å². The van der Waals surface area contributed by atoms with Crippen molar-refractivity contribution in [1.82, 2.24) is 0 Å². The van der Waals surface area contributed by atoms with Crippen molar-refractivity contribution in [2.75, 3.05) is 11.4 Å². The molecule has 0 saturated heterocycles. The second-order valence-corrected chi connectivity index (χ2v) is 5.90. The number of rotatable bonds is 2. The van der Waals surface area contributed by atoms with Gasteiger partial charge < -0.3 is 10.6 Å². The van der Waals surface area contributed by atoms with Crippen LogP contribution in [0.2, 0.25) is 0 Å². The lowest BCUT2D eigenvalue weighted by Gasteiger charge is -2.27. The highest BCUT2D eigenvalue weighted by Crippen LogP contribution is 2.34. The number of nitrogens with zero attached hydrogens (tertiary/aromatic N) is 2. The Morgan fingerprint density at radius 1 is 1.29 bits per heavy atom. The Kier molecular flexibility index (Phi) is 3.68. The zero-order chi connectivity index (χ0) is 15.0. The zero-order valence-corrected chi connectivity index (χ0v) is 13.1. The van der Waals surface area contributed by atoms with E-state index in [4.69, 9.17) is 5.73 Å². The van der Waals surface area contributed by atoms with Gasteiger partial charge in [0.25, 0.3) is 0 Å². The molecule has 0 radical (unpaired) electrons. The molecule has 1 unspecified atom stereocenters. The lowest BCUT2D eigenvalue weighted by atomic mass is 10.0. The Bertz CT molecular complexity index is 714. The summed E-state index contributed by atoms with van der Waals surface area (Å²) >= 11 is 3.54. The van der Waals surface area contributed by atoms with Crippen LogP contribution in [0, 0.1) is 12.7 Å². The molecule has 0 saturated carbocycles. The van der Waals surface area contributed by atoms with Gasteiger partial charge in [0.1, 0.15) is 5.82 Å². The summed E-state index contributed by atoms with van der Waals surface area (Å²) in [4.78, 5) is 6.04. The zero-order valence-electron chi connectivity index (χ0n) is 11.6. The summed E-state index contributed by atoms with van der Waals surface area (Å²) in [5.41, 5.74) is 8.64. The Hall–Kier alpha value is -1.88. The molecule has 0 spiro atoms. The minimum Gasteiger partial charge on any atom is -0.369 e. The van der Waals surface area contributed by atoms with Crippen LogP contribution in [-0.2, 0) is 0 Å². The van der Waals surface area contributed by atoms with Crippen molar-refractivity contribution in [3.05, 3.63) is 63.9 Å². The predicted octanol–water partition coefficient (Wildman–Crippen LogP) is 3.77. The summed E-state index contributed by atoms with van der Waals surface area (Å²) in [6.45, 7) is 2.55. The maximum atomic E-state index is 14.1. The van der Waals surface area contributed by atoms with Crippen LogP contribution in [-0.4, -0.2) is 12.5 Å². The first-order chi connectivity index (χ1) is 10.1. The molecule has 0 aliphatic carbocycles. The highest BCUT2D eigenvalue weighted by molar-refractivity contribution is 9.10. The average molecular weight is 348 g/mol. The van der Waals surface area contributed by atoms with E-state index in [1.807, 2.05) is 25.1 Å². The maximum Gasteiger partial charge on any atom is 0.196 e. The van der Waals surface area contributed by atoms with E-state index in [-0.39, 0.29) is 11.9 Å². The number of anilines is 1. The summed E-state index contributed by atoms with van der Waals surface area (Å²) in [5, 5.41) is 0. The number of nitrogens with two attached hydrogens (primary N) is 1. The topological polar surface area (TPSA) is 41.6 Å². The van der Waals surface area contributed by atoms with E-state index in [9.17, 15) is 4.39 Å². The van der Waals surface area contributed by atoms with Gasteiger partial charge in [0.2, 0.25) is 0 Å².